The zero-order valence-corrected chi connectivity index (χ0v) is 12.0. The molecule has 0 fully saturated rings. The van der Waals surface area contributed by atoms with Crippen molar-refractivity contribution in [3.05, 3.63) is 15.8 Å². The third-order valence-electron chi connectivity index (χ3n) is 2.71. The van der Waals surface area contributed by atoms with Crippen LogP contribution in [0.2, 0.25) is 0 Å². The van der Waals surface area contributed by atoms with E-state index in [1.165, 1.54) is 0 Å². The molecule has 8 heteroatoms. The predicted molar refractivity (Wildman–Crippen MR) is 74.9 cm³/mol. The number of hydrogen-bond donors (Lipinski definition) is 2. The van der Waals surface area contributed by atoms with Gasteiger partial charge in [0.1, 0.15) is 5.69 Å². The standard InChI is InChI=1S/C12H22N4O4/c1-3-6-15-12(11(16(18)19)10(2)14-15)13-5-4-8-20-9-7-17/h13,17H,3-9H2,1-2H3. The summed E-state index contributed by atoms with van der Waals surface area (Å²) in [5, 5.41) is 26.9. The summed E-state index contributed by atoms with van der Waals surface area (Å²) in [6, 6.07) is 0. The van der Waals surface area contributed by atoms with Gasteiger partial charge in [0.2, 0.25) is 5.82 Å². The Kier molecular flexibility index (Phi) is 6.96. The number of aliphatic hydroxyl groups is 1. The van der Waals surface area contributed by atoms with Crippen LogP contribution < -0.4 is 5.32 Å². The highest BCUT2D eigenvalue weighted by Gasteiger charge is 2.24. The van der Waals surface area contributed by atoms with Crippen molar-refractivity contribution in [3.8, 4) is 0 Å². The van der Waals surface area contributed by atoms with E-state index in [0.29, 0.717) is 44.2 Å². The van der Waals surface area contributed by atoms with E-state index < -0.39 is 4.92 Å². The van der Waals surface area contributed by atoms with Crippen molar-refractivity contribution < 1.29 is 14.8 Å². The molecule has 0 atom stereocenters. The van der Waals surface area contributed by atoms with Gasteiger partial charge in [0.25, 0.3) is 0 Å². The number of ether oxygens (including phenoxy) is 1. The summed E-state index contributed by atoms with van der Waals surface area (Å²) >= 11 is 0. The molecule has 0 amide bonds. The van der Waals surface area contributed by atoms with Crippen molar-refractivity contribution in [2.75, 3.05) is 31.7 Å². The average Bonchev–Trinajstić information content (AvgIpc) is 2.70. The van der Waals surface area contributed by atoms with Gasteiger partial charge >= 0.3 is 5.69 Å². The number of aryl methyl sites for hydroxylation is 2. The summed E-state index contributed by atoms with van der Waals surface area (Å²) in [6.07, 6.45) is 1.56. The molecule has 0 bridgehead atoms. The normalized spacial score (nSPS) is 10.8. The lowest BCUT2D eigenvalue weighted by atomic mass is 10.3. The predicted octanol–water partition coefficient (Wildman–Crippen LogP) is 1.32. The van der Waals surface area contributed by atoms with E-state index in [1.807, 2.05) is 6.92 Å². The maximum absolute atomic E-state index is 11.1. The van der Waals surface area contributed by atoms with Crippen LogP contribution in [0.25, 0.3) is 0 Å². The summed E-state index contributed by atoms with van der Waals surface area (Å²) in [7, 11) is 0. The van der Waals surface area contributed by atoms with Crippen LogP contribution in [-0.2, 0) is 11.3 Å². The van der Waals surface area contributed by atoms with E-state index in [2.05, 4.69) is 10.4 Å². The Morgan fingerprint density at radius 3 is 2.85 bits per heavy atom. The van der Waals surface area contributed by atoms with Gasteiger partial charge < -0.3 is 15.2 Å². The highest BCUT2D eigenvalue weighted by molar-refractivity contribution is 5.59. The van der Waals surface area contributed by atoms with Gasteiger partial charge in [-0.05, 0) is 19.8 Å². The number of nitro groups is 1. The first-order valence-corrected chi connectivity index (χ1v) is 6.76. The molecule has 0 radical (unpaired) electrons. The minimum Gasteiger partial charge on any atom is -0.394 e. The molecule has 0 unspecified atom stereocenters. The monoisotopic (exact) mass is 286 g/mol. The first-order chi connectivity index (χ1) is 9.61. The number of aromatic nitrogens is 2. The summed E-state index contributed by atoms with van der Waals surface area (Å²) in [5.41, 5.74) is 0.456. The second kappa shape index (κ2) is 8.49. The molecule has 0 aliphatic rings. The fourth-order valence-corrected chi connectivity index (χ4v) is 1.89. The van der Waals surface area contributed by atoms with Gasteiger partial charge in [0.15, 0.2) is 0 Å². The van der Waals surface area contributed by atoms with Gasteiger partial charge in [-0.15, -0.1) is 0 Å². The molecular formula is C12H22N4O4. The molecule has 1 aromatic heterocycles. The van der Waals surface area contributed by atoms with Gasteiger partial charge in [-0.1, -0.05) is 6.92 Å². The molecule has 0 saturated carbocycles. The molecule has 1 rings (SSSR count). The van der Waals surface area contributed by atoms with Crippen molar-refractivity contribution >= 4 is 11.5 Å². The Morgan fingerprint density at radius 2 is 2.25 bits per heavy atom. The zero-order chi connectivity index (χ0) is 15.0. The molecule has 8 nitrogen and oxygen atoms in total. The van der Waals surface area contributed by atoms with Crippen molar-refractivity contribution in [3.63, 3.8) is 0 Å². The molecule has 0 aliphatic heterocycles. The fraction of sp³-hybridized carbons (Fsp3) is 0.750. The summed E-state index contributed by atoms with van der Waals surface area (Å²) in [6.45, 7) is 5.64. The van der Waals surface area contributed by atoms with Crippen LogP contribution in [0.4, 0.5) is 11.5 Å². The van der Waals surface area contributed by atoms with Gasteiger partial charge in [-0.3, -0.25) is 10.1 Å². The van der Waals surface area contributed by atoms with Crippen LogP contribution in [-0.4, -0.2) is 46.2 Å². The molecule has 0 spiro atoms. The Labute approximate surface area is 117 Å². The Balaban J connectivity index is 2.63. The highest BCUT2D eigenvalue weighted by atomic mass is 16.6. The topological polar surface area (TPSA) is 102 Å². The lowest BCUT2D eigenvalue weighted by Gasteiger charge is -2.08. The van der Waals surface area contributed by atoms with E-state index in [1.54, 1.807) is 11.6 Å². The second-order valence-corrected chi connectivity index (χ2v) is 4.38. The van der Waals surface area contributed by atoms with Crippen LogP contribution >= 0.6 is 0 Å². The molecule has 2 N–H and O–H groups in total. The first kappa shape index (κ1) is 16.4. The van der Waals surface area contributed by atoms with E-state index in [0.717, 1.165) is 6.42 Å². The van der Waals surface area contributed by atoms with E-state index >= 15 is 0 Å². The van der Waals surface area contributed by atoms with Crippen LogP contribution in [0, 0.1) is 17.0 Å². The van der Waals surface area contributed by atoms with Crippen LogP contribution in [0.3, 0.4) is 0 Å². The van der Waals surface area contributed by atoms with E-state index in [4.69, 9.17) is 9.84 Å². The van der Waals surface area contributed by atoms with Gasteiger partial charge in [-0.25, -0.2) is 4.68 Å². The molecule has 20 heavy (non-hydrogen) atoms. The number of anilines is 1. The molecule has 114 valence electrons. The van der Waals surface area contributed by atoms with Crippen LogP contribution in [0.5, 0.6) is 0 Å². The fourth-order valence-electron chi connectivity index (χ4n) is 1.89. The number of nitrogens with one attached hydrogen (secondary N) is 1. The summed E-state index contributed by atoms with van der Waals surface area (Å²) in [4.78, 5) is 10.7. The van der Waals surface area contributed by atoms with E-state index in [9.17, 15) is 10.1 Å². The Hall–Kier alpha value is -1.67. The molecule has 0 saturated heterocycles. The third kappa shape index (κ3) is 4.46. The zero-order valence-electron chi connectivity index (χ0n) is 12.0. The average molecular weight is 286 g/mol. The van der Waals surface area contributed by atoms with Gasteiger partial charge in [0, 0.05) is 19.7 Å². The molecule has 1 heterocycles. The molecule has 0 aromatic carbocycles. The number of hydrogen-bond acceptors (Lipinski definition) is 6. The van der Waals surface area contributed by atoms with Crippen molar-refractivity contribution in [1.82, 2.24) is 9.78 Å². The number of rotatable bonds is 10. The Morgan fingerprint density at radius 1 is 1.50 bits per heavy atom. The van der Waals surface area contributed by atoms with Crippen molar-refractivity contribution in [2.45, 2.75) is 33.2 Å². The molecule has 1 aromatic rings. The minimum absolute atomic E-state index is 0.00135. The number of aliphatic hydroxyl groups excluding tert-OH is 1. The molecule has 0 aliphatic carbocycles. The Bertz CT molecular complexity index is 433. The third-order valence-corrected chi connectivity index (χ3v) is 2.71. The van der Waals surface area contributed by atoms with Crippen molar-refractivity contribution in [1.29, 1.82) is 0 Å². The summed E-state index contributed by atoms with van der Waals surface area (Å²) in [5.74, 6) is 0.455. The smallest absolute Gasteiger partial charge is 0.333 e. The number of nitrogens with zero attached hydrogens (tertiary/aromatic N) is 3. The van der Waals surface area contributed by atoms with Crippen LogP contribution in [0.15, 0.2) is 0 Å². The van der Waals surface area contributed by atoms with Crippen LogP contribution in [0.1, 0.15) is 25.5 Å². The van der Waals surface area contributed by atoms with Gasteiger partial charge in [-0.2, -0.15) is 5.10 Å². The van der Waals surface area contributed by atoms with Gasteiger partial charge in [0.05, 0.1) is 18.1 Å². The SMILES string of the molecule is CCCn1nc(C)c([N+](=O)[O-])c1NCCCOCCO. The second-order valence-electron chi connectivity index (χ2n) is 4.38. The first-order valence-electron chi connectivity index (χ1n) is 6.76. The minimum atomic E-state index is -0.404. The lowest BCUT2D eigenvalue weighted by Crippen LogP contribution is -2.12. The maximum atomic E-state index is 11.1. The maximum Gasteiger partial charge on any atom is 0.333 e. The lowest BCUT2D eigenvalue weighted by molar-refractivity contribution is -0.384. The summed E-state index contributed by atoms with van der Waals surface area (Å²) < 4.78 is 6.78. The quantitative estimate of drug-likeness (QED) is 0.382. The highest BCUT2D eigenvalue weighted by Crippen LogP contribution is 2.28. The largest absolute Gasteiger partial charge is 0.394 e. The van der Waals surface area contributed by atoms with Crippen molar-refractivity contribution in [2.24, 2.45) is 0 Å². The molecular weight excluding hydrogens is 264 g/mol. The van der Waals surface area contributed by atoms with E-state index in [-0.39, 0.29) is 12.3 Å².